The number of hydrogen-bond donors (Lipinski definition) is 1. The molecule has 0 bridgehead atoms. The molecular formula is C20H20FN. The second-order valence-corrected chi connectivity index (χ2v) is 6.54. The molecular weight excluding hydrogens is 273 g/mol. The average molecular weight is 293 g/mol. The van der Waals surface area contributed by atoms with Crippen molar-refractivity contribution < 1.29 is 4.39 Å². The van der Waals surface area contributed by atoms with Crippen molar-refractivity contribution in [1.29, 1.82) is 0 Å². The van der Waals surface area contributed by atoms with Crippen molar-refractivity contribution >= 4 is 5.69 Å². The minimum Gasteiger partial charge on any atom is -0.378 e. The van der Waals surface area contributed by atoms with Gasteiger partial charge in [0.25, 0.3) is 0 Å². The Morgan fingerprint density at radius 2 is 1.95 bits per heavy atom. The molecule has 2 aromatic carbocycles. The van der Waals surface area contributed by atoms with E-state index in [0.29, 0.717) is 11.8 Å². The van der Waals surface area contributed by atoms with Crippen LogP contribution in [0.3, 0.4) is 0 Å². The molecule has 2 aliphatic rings. The molecule has 0 radical (unpaired) electrons. The van der Waals surface area contributed by atoms with Crippen LogP contribution >= 0.6 is 0 Å². The molecule has 0 saturated carbocycles. The van der Waals surface area contributed by atoms with Crippen molar-refractivity contribution in [1.82, 2.24) is 0 Å². The highest BCUT2D eigenvalue weighted by atomic mass is 19.1. The number of halogens is 1. The number of nitrogens with one attached hydrogen (secondary N) is 1. The number of allylic oxidation sites excluding steroid dienone is 2. The van der Waals surface area contributed by atoms with Gasteiger partial charge in [-0.1, -0.05) is 36.4 Å². The molecule has 0 spiro atoms. The van der Waals surface area contributed by atoms with Crippen molar-refractivity contribution in [2.75, 3.05) is 5.32 Å². The number of rotatable bonds is 1. The summed E-state index contributed by atoms with van der Waals surface area (Å²) in [5.41, 5.74) is 5.91. The van der Waals surface area contributed by atoms with Crippen molar-refractivity contribution in [2.45, 2.75) is 32.2 Å². The predicted molar refractivity (Wildman–Crippen MR) is 88.7 cm³/mol. The first-order valence-electron chi connectivity index (χ1n) is 7.94. The van der Waals surface area contributed by atoms with Gasteiger partial charge in [-0.2, -0.15) is 0 Å². The first-order chi connectivity index (χ1) is 10.6. The molecule has 3 atom stereocenters. The molecule has 22 heavy (non-hydrogen) atoms. The molecule has 1 nitrogen and oxygen atoms in total. The van der Waals surface area contributed by atoms with Gasteiger partial charge in [0.2, 0.25) is 0 Å². The van der Waals surface area contributed by atoms with E-state index < -0.39 is 0 Å². The third-order valence-corrected chi connectivity index (χ3v) is 5.06. The summed E-state index contributed by atoms with van der Waals surface area (Å²) in [6, 6.07) is 11.6. The standard InChI is InChI=1S/C20H20FN/c1-12-10-13(2)19-14-7-5-8-15(14)20(22-18(19)11-12)16-6-3-4-9-17(16)21/h3-7,9-11,14-15,20,22H,8H2,1-2H3/t14-,15+,20+/m1/s1. The van der Waals surface area contributed by atoms with Crippen LogP contribution in [0.15, 0.2) is 48.6 Å². The van der Waals surface area contributed by atoms with Crippen LogP contribution in [0.5, 0.6) is 0 Å². The monoisotopic (exact) mass is 293 g/mol. The number of benzene rings is 2. The third-order valence-electron chi connectivity index (χ3n) is 5.06. The fourth-order valence-corrected chi connectivity index (χ4v) is 4.18. The van der Waals surface area contributed by atoms with E-state index in [0.717, 1.165) is 12.0 Å². The molecule has 4 rings (SSSR count). The van der Waals surface area contributed by atoms with E-state index in [1.165, 1.54) is 22.4 Å². The van der Waals surface area contributed by atoms with Gasteiger partial charge in [-0.3, -0.25) is 0 Å². The van der Waals surface area contributed by atoms with Crippen molar-refractivity contribution in [3.05, 3.63) is 76.6 Å². The minimum absolute atomic E-state index is 0.0369. The number of aryl methyl sites for hydroxylation is 2. The Bertz CT molecular complexity index is 762. The Morgan fingerprint density at radius 3 is 2.77 bits per heavy atom. The van der Waals surface area contributed by atoms with E-state index in [2.05, 4.69) is 43.4 Å². The maximum atomic E-state index is 14.3. The summed E-state index contributed by atoms with van der Waals surface area (Å²) >= 11 is 0. The van der Waals surface area contributed by atoms with Gasteiger partial charge in [0.15, 0.2) is 0 Å². The number of hydrogen-bond acceptors (Lipinski definition) is 1. The Kier molecular flexibility index (Phi) is 3.07. The molecule has 1 aliphatic carbocycles. The smallest absolute Gasteiger partial charge is 0.128 e. The van der Waals surface area contributed by atoms with E-state index in [1.54, 1.807) is 12.1 Å². The van der Waals surface area contributed by atoms with Gasteiger partial charge in [0.1, 0.15) is 5.82 Å². The van der Waals surface area contributed by atoms with Crippen LogP contribution in [0.2, 0.25) is 0 Å². The largest absolute Gasteiger partial charge is 0.378 e. The highest BCUT2D eigenvalue weighted by Crippen LogP contribution is 2.51. The normalized spacial score (nSPS) is 25.5. The zero-order valence-corrected chi connectivity index (χ0v) is 12.9. The first kappa shape index (κ1) is 13.6. The zero-order chi connectivity index (χ0) is 15.3. The second-order valence-electron chi connectivity index (χ2n) is 6.54. The van der Waals surface area contributed by atoms with Crippen molar-refractivity contribution in [3.63, 3.8) is 0 Å². The maximum absolute atomic E-state index is 14.3. The summed E-state index contributed by atoms with van der Waals surface area (Å²) in [4.78, 5) is 0. The van der Waals surface area contributed by atoms with Gasteiger partial charge in [-0.15, -0.1) is 0 Å². The highest BCUT2D eigenvalue weighted by Gasteiger charge is 2.39. The summed E-state index contributed by atoms with van der Waals surface area (Å²) in [5, 5.41) is 3.63. The van der Waals surface area contributed by atoms with E-state index in [4.69, 9.17) is 0 Å². The summed E-state index contributed by atoms with van der Waals surface area (Å²) in [6.45, 7) is 4.30. The molecule has 1 heterocycles. The van der Waals surface area contributed by atoms with Gasteiger partial charge < -0.3 is 5.32 Å². The molecule has 1 N–H and O–H groups in total. The quantitative estimate of drug-likeness (QED) is 0.706. The molecule has 112 valence electrons. The van der Waals surface area contributed by atoms with E-state index >= 15 is 0 Å². The number of fused-ring (bicyclic) bond motifs is 3. The Balaban J connectivity index is 1.86. The van der Waals surface area contributed by atoms with Crippen LogP contribution < -0.4 is 5.32 Å². The molecule has 1 aliphatic heterocycles. The van der Waals surface area contributed by atoms with Crippen molar-refractivity contribution in [2.24, 2.45) is 5.92 Å². The van der Waals surface area contributed by atoms with Gasteiger partial charge in [-0.05, 0) is 55.0 Å². The SMILES string of the molecule is Cc1cc(C)c2c(c1)N[C@H](c1ccccc1F)[C@H]1CC=C[C@@H]21. The summed E-state index contributed by atoms with van der Waals surface area (Å²) in [6.07, 6.45) is 5.56. The van der Waals surface area contributed by atoms with Crippen LogP contribution in [0.1, 0.15) is 40.6 Å². The predicted octanol–water partition coefficient (Wildman–Crippen LogP) is 5.27. The van der Waals surface area contributed by atoms with Crippen LogP contribution in [0.25, 0.3) is 0 Å². The Hall–Kier alpha value is -2.09. The molecule has 2 heteroatoms. The Morgan fingerprint density at radius 1 is 1.14 bits per heavy atom. The highest BCUT2D eigenvalue weighted by molar-refractivity contribution is 5.63. The number of anilines is 1. The fraction of sp³-hybridized carbons (Fsp3) is 0.300. The second kappa shape index (κ2) is 4.98. The summed E-state index contributed by atoms with van der Waals surface area (Å²) < 4.78 is 14.3. The van der Waals surface area contributed by atoms with Crippen LogP contribution in [-0.2, 0) is 0 Å². The lowest BCUT2D eigenvalue weighted by molar-refractivity contribution is 0.412. The zero-order valence-electron chi connectivity index (χ0n) is 12.9. The molecule has 2 aromatic rings. The van der Waals surface area contributed by atoms with E-state index in [9.17, 15) is 4.39 Å². The van der Waals surface area contributed by atoms with Gasteiger partial charge >= 0.3 is 0 Å². The third kappa shape index (κ3) is 1.98. The lowest BCUT2D eigenvalue weighted by atomic mass is 9.75. The van der Waals surface area contributed by atoms with Crippen LogP contribution in [0, 0.1) is 25.6 Å². The molecule has 0 saturated heterocycles. The van der Waals surface area contributed by atoms with Crippen LogP contribution in [-0.4, -0.2) is 0 Å². The fourth-order valence-electron chi connectivity index (χ4n) is 4.18. The van der Waals surface area contributed by atoms with Gasteiger partial charge in [0.05, 0.1) is 6.04 Å². The van der Waals surface area contributed by atoms with Gasteiger partial charge in [0, 0.05) is 17.2 Å². The Labute approximate surface area is 130 Å². The molecule has 0 unspecified atom stereocenters. The summed E-state index contributed by atoms with van der Waals surface area (Å²) in [7, 11) is 0. The lowest BCUT2D eigenvalue weighted by Gasteiger charge is -2.38. The first-order valence-corrected chi connectivity index (χ1v) is 7.94. The topological polar surface area (TPSA) is 12.0 Å². The van der Waals surface area contributed by atoms with E-state index in [1.807, 2.05) is 12.1 Å². The van der Waals surface area contributed by atoms with E-state index in [-0.39, 0.29) is 11.9 Å². The van der Waals surface area contributed by atoms with Crippen molar-refractivity contribution in [3.8, 4) is 0 Å². The lowest BCUT2D eigenvalue weighted by Crippen LogP contribution is -2.30. The average Bonchev–Trinajstić information content (AvgIpc) is 2.95. The summed E-state index contributed by atoms with van der Waals surface area (Å²) in [5.74, 6) is 0.672. The molecule has 0 aromatic heterocycles. The van der Waals surface area contributed by atoms with Gasteiger partial charge in [-0.25, -0.2) is 4.39 Å². The molecule has 0 amide bonds. The molecule has 0 fully saturated rings. The van der Waals surface area contributed by atoms with Crippen LogP contribution in [0.4, 0.5) is 10.1 Å². The minimum atomic E-state index is -0.113. The maximum Gasteiger partial charge on any atom is 0.128 e.